The molecular weight excluding hydrogens is 390 g/mol. The lowest BCUT2D eigenvalue weighted by atomic mass is 10.2. The predicted octanol–water partition coefficient (Wildman–Crippen LogP) is 2.58. The molecule has 9 heteroatoms. The summed E-state index contributed by atoms with van der Waals surface area (Å²) in [7, 11) is -1.89. The zero-order chi connectivity index (χ0) is 21.6. The summed E-state index contributed by atoms with van der Waals surface area (Å²) >= 11 is 0. The molecule has 2 rings (SSSR count). The van der Waals surface area contributed by atoms with Gasteiger partial charge in [-0.15, -0.1) is 0 Å². The summed E-state index contributed by atoms with van der Waals surface area (Å²) in [6.45, 7) is 11.0. The van der Waals surface area contributed by atoms with Crippen LogP contribution >= 0.6 is 0 Å². The molecule has 0 fully saturated rings. The Morgan fingerprint density at radius 3 is 2.38 bits per heavy atom. The number of hydrogen-bond donors (Lipinski definition) is 2. The second kappa shape index (κ2) is 9.89. The highest BCUT2D eigenvalue weighted by Gasteiger charge is 2.22. The normalized spacial score (nSPS) is 12.6. The van der Waals surface area contributed by atoms with Gasteiger partial charge in [-0.1, -0.05) is 12.1 Å². The number of hydrogen-bond acceptors (Lipinski definition) is 5. The molecule has 0 aliphatic carbocycles. The smallest absolute Gasteiger partial charge is 0.243 e. The number of guanidine groups is 1. The molecular formula is C20H31N5O3S. The average molecular weight is 422 g/mol. The second-order valence-corrected chi connectivity index (χ2v) is 9.05. The Labute approximate surface area is 173 Å². The van der Waals surface area contributed by atoms with E-state index in [1.807, 2.05) is 34.6 Å². The van der Waals surface area contributed by atoms with Crippen LogP contribution in [0.1, 0.15) is 43.7 Å². The molecule has 0 spiro atoms. The van der Waals surface area contributed by atoms with E-state index in [0.29, 0.717) is 31.5 Å². The van der Waals surface area contributed by atoms with Crippen molar-refractivity contribution < 1.29 is 12.8 Å². The molecule has 160 valence electrons. The minimum Gasteiger partial charge on any atom is -0.444 e. The average Bonchev–Trinajstić information content (AvgIpc) is 3.01. The van der Waals surface area contributed by atoms with Gasteiger partial charge < -0.3 is 15.1 Å². The van der Waals surface area contributed by atoms with E-state index >= 15 is 0 Å². The van der Waals surface area contributed by atoms with Crippen molar-refractivity contribution in [1.29, 1.82) is 0 Å². The lowest BCUT2D eigenvalue weighted by Crippen LogP contribution is -2.36. The quantitative estimate of drug-likeness (QED) is 0.502. The summed E-state index contributed by atoms with van der Waals surface area (Å²) in [5, 5.41) is 6.37. The van der Waals surface area contributed by atoms with Crippen molar-refractivity contribution in [2.24, 2.45) is 4.99 Å². The first-order valence-corrected chi connectivity index (χ1v) is 11.1. The molecule has 0 saturated carbocycles. The third-order valence-corrected chi connectivity index (χ3v) is 6.62. The minimum atomic E-state index is -3.48. The largest absolute Gasteiger partial charge is 0.444 e. The summed E-state index contributed by atoms with van der Waals surface area (Å²) in [6.07, 6.45) is 0. The van der Waals surface area contributed by atoms with E-state index in [4.69, 9.17) is 4.42 Å². The van der Waals surface area contributed by atoms with Crippen LogP contribution in [0.2, 0.25) is 0 Å². The molecule has 29 heavy (non-hydrogen) atoms. The molecule has 0 aliphatic heterocycles. The highest BCUT2D eigenvalue weighted by molar-refractivity contribution is 7.89. The van der Waals surface area contributed by atoms with Gasteiger partial charge in [0.1, 0.15) is 5.76 Å². The highest BCUT2D eigenvalue weighted by atomic mass is 32.2. The Morgan fingerprint density at radius 2 is 1.86 bits per heavy atom. The number of nitrogens with one attached hydrogen (secondary N) is 2. The molecule has 1 aromatic heterocycles. The Bertz CT molecular complexity index is 914. The topological polar surface area (TPSA) is 99.8 Å². The molecule has 0 amide bonds. The fraction of sp³-hybridized carbons (Fsp3) is 0.500. The maximum Gasteiger partial charge on any atom is 0.243 e. The molecule has 1 heterocycles. The zero-order valence-electron chi connectivity index (χ0n) is 18.0. The first kappa shape index (κ1) is 22.9. The van der Waals surface area contributed by atoms with Crippen LogP contribution in [0.3, 0.4) is 0 Å². The molecule has 0 bridgehead atoms. The number of benzene rings is 1. The summed E-state index contributed by atoms with van der Waals surface area (Å²) < 4.78 is 32.0. The first-order valence-electron chi connectivity index (χ1n) is 9.67. The number of nitrogens with zero attached hydrogens (tertiary/aromatic N) is 3. The first-order chi connectivity index (χ1) is 13.6. The van der Waals surface area contributed by atoms with Crippen LogP contribution in [0.15, 0.2) is 38.6 Å². The molecule has 0 saturated heterocycles. The molecule has 0 aliphatic rings. The number of sulfonamides is 1. The lowest BCUT2D eigenvalue weighted by molar-refractivity contribution is 0.410. The summed E-state index contributed by atoms with van der Waals surface area (Å²) in [6, 6.07) is 6.72. The summed E-state index contributed by atoms with van der Waals surface area (Å²) in [5.41, 5.74) is 1.79. The van der Waals surface area contributed by atoms with Crippen molar-refractivity contribution in [3.63, 3.8) is 0 Å². The Balaban J connectivity index is 2.05. The van der Waals surface area contributed by atoms with Gasteiger partial charge >= 0.3 is 0 Å². The molecule has 0 unspecified atom stereocenters. The number of aliphatic imine (C=N–C) groups is 1. The van der Waals surface area contributed by atoms with Gasteiger partial charge in [-0.05, 0) is 52.3 Å². The number of oxazole rings is 1. The second-order valence-electron chi connectivity index (χ2n) is 7.06. The van der Waals surface area contributed by atoms with E-state index in [1.165, 1.54) is 4.31 Å². The number of aryl methyl sites for hydroxylation is 2. The van der Waals surface area contributed by atoms with Crippen LogP contribution in [-0.2, 0) is 23.1 Å². The van der Waals surface area contributed by atoms with Gasteiger partial charge in [-0.2, -0.15) is 4.31 Å². The van der Waals surface area contributed by atoms with Gasteiger partial charge in [0.2, 0.25) is 15.9 Å². The van der Waals surface area contributed by atoms with Gasteiger partial charge in [-0.25, -0.2) is 18.4 Å². The zero-order valence-corrected chi connectivity index (χ0v) is 18.8. The Hall–Kier alpha value is -2.39. The molecule has 2 N–H and O–H groups in total. The van der Waals surface area contributed by atoms with Crippen molar-refractivity contribution in [2.75, 3.05) is 13.6 Å². The number of aromatic nitrogens is 1. The SMILES string of the molecule is CCNC(=NCc1ccc(S(=O)(=O)N(C)C(C)C)cc1)NCc1nc(C)c(C)o1. The molecule has 1 aromatic carbocycles. The van der Waals surface area contributed by atoms with Crippen molar-refractivity contribution in [2.45, 2.75) is 58.6 Å². The third-order valence-electron chi connectivity index (χ3n) is 4.57. The van der Waals surface area contributed by atoms with E-state index in [9.17, 15) is 8.42 Å². The van der Waals surface area contributed by atoms with Gasteiger partial charge in [0.05, 0.1) is 23.7 Å². The van der Waals surface area contributed by atoms with Gasteiger partial charge in [-0.3, -0.25) is 0 Å². The maximum absolute atomic E-state index is 12.5. The Kier molecular flexibility index (Phi) is 7.80. The van der Waals surface area contributed by atoms with Crippen LogP contribution in [0.4, 0.5) is 0 Å². The van der Waals surface area contributed by atoms with Gasteiger partial charge in [0.25, 0.3) is 0 Å². The van der Waals surface area contributed by atoms with Crippen LogP contribution in [0, 0.1) is 13.8 Å². The van der Waals surface area contributed by atoms with Crippen molar-refractivity contribution in [3.05, 3.63) is 47.2 Å². The lowest BCUT2D eigenvalue weighted by Gasteiger charge is -2.21. The Morgan fingerprint density at radius 1 is 1.21 bits per heavy atom. The van der Waals surface area contributed by atoms with Gasteiger partial charge in [0.15, 0.2) is 5.96 Å². The van der Waals surface area contributed by atoms with E-state index in [1.54, 1.807) is 31.3 Å². The highest BCUT2D eigenvalue weighted by Crippen LogP contribution is 2.17. The van der Waals surface area contributed by atoms with E-state index in [2.05, 4.69) is 20.6 Å². The van der Waals surface area contributed by atoms with E-state index in [0.717, 1.165) is 17.0 Å². The number of rotatable bonds is 8. The fourth-order valence-electron chi connectivity index (χ4n) is 2.50. The molecule has 0 atom stereocenters. The third kappa shape index (κ3) is 6.04. The van der Waals surface area contributed by atoms with Crippen LogP contribution in [-0.4, -0.2) is 43.3 Å². The fourth-order valence-corrected chi connectivity index (χ4v) is 3.86. The van der Waals surface area contributed by atoms with Crippen LogP contribution in [0.5, 0.6) is 0 Å². The monoisotopic (exact) mass is 421 g/mol. The standard InChI is InChI=1S/C20H31N5O3S/c1-7-21-20(23-13-19-24-15(4)16(5)28-19)22-12-17-8-10-18(11-9-17)29(26,27)25(6)14(2)3/h8-11,14H,7,12-13H2,1-6H3,(H2,21,22,23). The minimum absolute atomic E-state index is 0.103. The maximum atomic E-state index is 12.5. The summed E-state index contributed by atoms with van der Waals surface area (Å²) in [4.78, 5) is 9.17. The summed E-state index contributed by atoms with van der Waals surface area (Å²) in [5.74, 6) is 2.05. The van der Waals surface area contributed by atoms with E-state index in [-0.39, 0.29) is 10.9 Å². The van der Waals surface area contributed by atoms with Crippen molar-refractivity contribution in [3.8, 4) is 0 Å². The van der Waals surface area contributed by atoms with Crippen molar-refractivity contribution >= 4 is 16.0 Å². The molecule has 2 aromatic rings. The van der Waals surface area contributed by atoms with Crippen molar-refractivity contribution in [1.82, 2.24) is 19.9 Å². The van der Waals surface area contributed by atoms with Crippen LogP contribution in [0.25, 0.3) is 0 Å². The molecule has 0 radical (unpaired) electrons. The van der Waals surface area contributed by atoms with Gasteiger partial charge in [0, 0.05) is 19.6 Å². The van der Waals surface area contributed by atoms with E-state index < -0.39 is 10.0 Å². The molecule has 8 nitrogen and oxygen atoms in total. The predicted molar refractivity (Wildman–Crippen MR) is 114 cm³/mol. The van der Waals surface area contributed by atoms with Crippen LogP contribution < -0.4 is 10.6 Å².